The number of halogens is 4. The van der Waals surface area contributed by atoms with Gasteiger partial charge in [-0.3, -0.25) is 0 Å². The second-order valence-corrected chi connectivity index (χ2v) is 15.2. The summed E-state index contributed by atoms with van der Waals surface area (Å²) < 4.78 is 70.4. The van der Waals surface area contributed by atoms with E-state index in [2.05, 4.69) is 4.74 Å². The number of ether oxygens (including phenoxy) is 3. The van der Waals surface area contributed by atoms with E-state index in [1.54, 1.807) is 0 Å². The highest BCUT2D eigenvalue weighted by atomic mass is 35.5. The Kier molecular flexibility index (Phi) is 10.3. The van der Waals surface area contributed by atoms with Crippen LogP contribution in [0, 0.1) is 11.1 Å². The maximum atomic E-state index is 13.7. The standard InChI is InChI=1S/C27H24Cl2F2N2O9S3/c28-17-11-32(37)12-18(29)16(17)10-20(15-3-4-19(42-27(30)31)21(9-15)40-13-14-1-2-14)41-26(36)24-33(7-8-43-24)45(38,39)23-6-5-22(44-23)25(34)35/h3-6,9,11-12,14,20,24,27H,1-2,7-8,10,13H2,(H,34,35)/t20-,24?/m0/s1. The molecule has 1 saturated carbocycles. The van der Waals surface area contributed by atoms with Crippen LogP contribution in [0.3, 0.4) is 0 Å². The summed E-state index contributed by atoms with van der Waals surface area (Å²) in [6.07, 6.45) is 2.58. The van der Waals surface area contributed by atoms with Crippen LogP contribution in [-0.4, -0.2) is 60.7 Å². The minimum absolute atomic E-state index is 0.0187. The molecule has 45 heavy (non-hydrogen) atoms. The Bertz CT molecular complexity index is 1680. The van der Waals surface area contributed by atoms with Gasteiger partial charge in [-0.25, -0.2) is 18.0 Å². The first-order valence-electron chi connectivity index (χ1n) is 13.3. The van der Waals surface area contributed by atoms with Gasteiger partial charge in [-0.2, -0.15) is 17.8 Å². The normalized spacial score (nSPS) is 17.8. The van der Waals surface area contributed by atoms with Crippen LogP contribution in [0.1, 0.15) is 39.7 Å². The van der Waals surface area contributed by atoms with Gasteiger partial charge in [0.1, 0.15) is 25.2 Å². The summed E-state index contributed by atoms with van der Waals surface area (Å²) in [5.41, 5.74) is 0.503. The Labute approximate surface area is 274 Å². The molecule has 2 aromatic heterocycles. The van der Waals surface area contributed by atoms with Crippen LogP contribution >= 0.6 is 46.3 Å². The number of aromatic carboxylic acids is 1. The maximum absolute atomic E-state index is 13.7. The van der Waals surface area contributed by atoms with E-state index in [0.29, 0.717) is 16.1 Å². The van der Waals surface area contributed by atoms with Crippen molar-refractivity contribution < 1.29 is 50.8 Å². The van der Waals surface area contributed by atoms with Crippen LogP contribution in [0.5, 0.6) is 11.5 Å². The molecule has 2 aliphatic rings. The van der Waals surface area contributed by atoms with Gasteiger partial charge in [0.05, 0.1) is 6.61 Å². The highest BCUT2D eigenvalue weighted by Crippen LogP contribution is 2.39. The van der Waals surface area contributed by atoms with Crippen molar-refractivity contribution in [2.24, 2.45) is 5.92 Å². The van der Waals surface area contributed by atoms with Crippen LogP contribution in [0.4, 0.5) is 8.78 Å². The predicted molar refractivity (Wildman–Crippen MR) is 161 cm³/mol. The van der Waals surface area contributed by atoms with Gasteiger partial charge >= 0.3 is 18.6 Å². The van der Waals surface area contributed by atoms with Gasteiger partial charge in [-0.15, -0.1) is 23.1 Å². The molecule has 5 rings (SSSR count). The number of thiophene rings is 1. The summed E-state index contributed by atoms with van der Waals surface area (Å²) in [7, 11) is -4.28. The molecule has 2 fully saturated rings. The molecular formula is C27H24Cl2F2N2O9S3. The number of carboxylic acid groups (broad SMARTS) is 1. The molecule has 11 nitrogen and oxygen atoms in total. The molecule has 2 atom stereocenters. The monoisotopic (exact) mass is 724 g/mol. The van der Waals surface area contributed by atoms with E-state index in [9.17, 15) is 37.1 Å². The molecule has 0 radical (unpaired) electrons. The quantitative estimate of drug-likeness (QED) is 0.139. The van der Waals surface area contributed by atoms with Crippen molar-refractivity contribution in [3.63, 3.8) is 0 Å². The number of hydrogen-bond donors (Lipinski definition) is 1. The lowest BCUT2D eigenvalue weighted by molar-refractivity contribution is -0.605. The van der Waals surface area contributed by atoms with E-state index >= 15 is 0 Å². The lowest BCUT2D eigenvalue weighted by Gasteiger charge is -2.25. The number of aromatic nitrogens is 1. The highest BCUT2D eigenvalue weighted by molar-refractivity contribution is 8.02. The van der Waals surface area contributed by atoms with Gasteiger partial charge in [0, 0.05) is 24.3 Å². The van der Waals surface area contributed by atoms with Crippen molar-refractivity contribution in [2.75, 3.05) is 18.9 Å². The number of rotatable bonds is 13. The first-order chi connectivity index (χ1) is 21.3. The first kappa shape index (κ1) is 33.5. The summed E-state index contributed by atoms with van der Waals surface area (Å²) in [4.78, 5) is 24.8. The molecule has 1 aliphatic heterocycles. The molecule has 1 aliphatic carbocycles. The second kappa shape index (κ2) is 13.8. The lowest BCUT2D eigenvalue weighted by atomic mass is 10.0. The Morgan fingerprint density at radius 3 is 2.47 bits per heavy atom. The molecule has 0 amide bonds. The van der Waals surface area contributed by atoms with Crippen molar-refractivity contribution in [3.05, 3.63) is 74.0 Å². The van der Waals surface area contributed by atoms with Crippen LogP contribution < -0.4 is 14.2 Å². The topological polar surface area (TPSA) is 146 Å². The minimum Gasteiger partial charge on any atom is -0.619 e. The number of esters is 1. The van der Waals surface area contributed by atoms with E-state index in [-0.39, 0.29) is 73.0 Å². The van der Waals surface area contributed by atoms with Gasteiger partial charge in [0.25, 0.3) is 10.0 Å². The number of carbonyl (C=O) groups excluding carboxylic acids is 1. The van der Waals surface area contributed by atoms with Crippen molar-refractivity contribution in [1.82, 2.24) is 4.31 Å². The maximum Gasteiger partial charge on any atom is 0.387 e. The van der Waals surface area contributed by atoms with Crippen LogP contribution in [0.2, 0.25) is 10.0 Å². The summed E-state index contributed by atoms with van der Waals surface area (Å²) >= 11 is 14.2. The van der Waals surface area contributed by atoms with E-state index in [4.69, 9.17) is 32.7 Å². The van der Waals surface area contributed by atoms with E-state index < -0.39 is 40.1 Å². The Balaban J connectivity index is 1.47. The fourth-order valence-corrected chi connectivity index (χ4v) is 9.36. The number of pyridine rings is 1. The molecule has 1 unspecified atom stereocenters. The van der Waals surface area contributed by atoms with Gasteiger partial charge < -0.3 is 24.5 Å². The largest absolute Gasteiger partial charge is 0.619 e. The number of thioether (sulfide) groups is 1. The fraction of sp³-hybridized carbons (Fsp3) is 0.370. The molecule has 18 heteroatoms. The van der Waals surface area contributed by atoms with E-state index in [1.807, 2.05) is 0 Å². The number of hydrogen-bond acceptors (Lipinski definition) is 10. The molecule has 3 heterocycles. The molecule has 3 aromatic rings. The average molecular weight is 726 g/mol. The van der Waals surface area contributed by atoms with Gasteiger partial charge in [0.2, 0.25) is 0 Å². The van der Waals surface area contributed by atoms with E-state index in [1.165, 1.54) is 18.2 Å². The summed E-state index contributed by atoms with van der Waals surface area (Å²) in [6.45, 7) is -2.92. The molecular weight excluding hydrogens is 701 g/mol. The minimum atomic E-state index is -4.28. The molecule has 0 bridgehead atoms. The van der Waals surface area contributed by atoms with Crippen molar-refractivity contribution in [2.45, 2.75) is 41.6 Å². The smallest absolute Gasteiger partial charge is 0.387 e. The Morgan fingerprint density at radius 2 is 1.84 bits per heavy atom. The Morgan fingerprint density at radius 1 is 1.13 bits per heavy atom. The van der Waals surface area contributed by atoms with Crippen LogP contribution in [0.15, 0.2) is 46.9 Å². The molecule has 1 N–H and O–H groups in total. The lowest BCUT2D eigenvalue weighted by Crippen LogP contribution is -2.40. The Hall–Kier alpha value is -2.89. The van der Waals surface area contributed by atoms with Gasteiger partial charge in [-0.05, 0) is 48.6 Å². The number of benzene rings is 1. The van der Waals surface area contributed by atoms with Gasteiger partial charge in [0.15, 0.2) is 29.3 Å². The SMILES string of the molecule is O=C(O)c1ccc(S(=O)(=O)N2CCSC2C(=O)O[C@@H](Cc2c(Cl)c[n+]([O-])cc2Cl)c2ccc(OC(F)F)c(OCC3CC3)c2)s1. The zero-order valence-electron chi connectivity index (χ0n) is 22.9. The highest BCUT2D eigenvalue weighted by Gasteiger charge is 2.43. The zero-order chi connectivity index (χ0) is 32.5. The summed E-state index contributed by atoms with van der Waals surface area (Å²) in [5.74, 6) is -1.97. The van der Waals surface area contributed by atoms with Gasteiger partial charge in [-0.1, -0.05) is 29.3 Å². The van der Waals surface area contributed by atoms with Crippen molar-refractivity contribution in [3.8, 4) is 11.5 Å². The van der Waals surface area contributed by atoms with Crippen molar-refractivity contribution in [1.29, 1.82) is 0 Å². The number of carboxylic acids is 1. The summed E-state index contributed by atoms with van der Waals surface area (Å²) in [6, 6.07) is 6.32. The number of sulfonamides is 1. The van der Waals surface area contributed by atoms with Crippen LogP contribution in [-0.2, 0) is 26.0 Å². The second-order valence-electron chi connectivity index (χ2n) is 10.0. The number of alkyl halides is 2. The van der Waals surface area contributed by atoms with E-state index in [0.717, 1.165) is 53.4 Å². The van der Waals surface area contributed by atoms with Crippen molar-refractivity contribution >= 4 is 68.3 Å². The fourth-order valence-electron chi connectivity index (χ4n) is 4.44. The first-order valence-corrected chi connectivity index (χ1v) is 17.3. The third-order valence-corrected chi connectivity index (χ3v) is 12.2. The number of nitrogens with zero attached hydrogens (tertiary/aromatic N) is 2. The summed E-state index contributed by atoms with van der Waals surface area (Å²) in [5, 5.41) is 19.7. The molecule has 1 aromatic carbocycles. The molecule has 242 valence electrons. The zero-order valence-corrected chi connectivity index (χ0v) is 26.9. The molecule has 0 spiro atoms. The third-order valence-electron chi connectivity index (χ3n) is 6.84. The molecule has 1 saturated heterocycles. The predicted octanol–water partition coefficient (Wildman–Crippen LogP) is 5.37. The van der Waals surface area contributed by atoms with Crippen LogP contribution in [0.25, 0.3) is 0 Å². The third kappa shape index (κ3) is 7.92. The average Bonchev–Trinajstić information content (AvgIpc) is 3.41. The number of carbonyl (C=O) groups is 2.